The molecule has 80 valence electrons. The van der Waals surface area contributed by atoms with Gasteiger partial charge >= 0.3 is 0 Å². The number of rotatable bonds is 4. The van der Waals surface area contributed by atoms with Crippen LogP contribution in [0.1, 0.15) is 30.0 Å². The zero-order valence-electron chi connectivity index (χ0n) is 9.67. The summed E-state index contributed by atoms with van der Waals surface area (Å²) < 4.78 is 0. The summed E-state index contributed by atoms with van der Waals surface area (Å²) in [6.07, 6.45) is 0.560. The minimum Gasteiger partial charge on any atom is -0.309 e. The van der Waals surface area contributed by atoms with E-state index in [1.54, 1.807) is 0 Å². The second-order valence-corrected chi connectivity index (χ2v) is 4.00. The second-order valence-electron chi connectivity index (χ2n) is 4.00. The number of hydrogen-bond acceptors (Lipinski definition) is 2. The summed E-state index contributed by atoms with van der Waals surface area (Å²) in [6, 6.07) is 8.76. The van der Waals surface area contributed by atoms with Crippen LogP contribution in [0, 0.1) is 25.2 Å². The Labute approximate surface area is 91.9 Å². The summed E-state index contributed by atoms with van der Waals surface area (Å²) in [4.78, 5) is 0. The Morgan fingerprint density at radius 1 is 1.40 bits per heavy atom. The van der Waals surface area contributed by atoms with Gasteiger partial charge in [0.05, 0.1) is 12.5 Å². The SMILES string of the molecule is Cc1cccc(CNC(C)CC#N)c1C. The molecule has 0 aliphatic heterocycles. The number of nitrogens with one attached hydrogen (secondary N) is 1. The van der Waals surface area contributed by atoms with Gasteiger partial charge in [-0.05, 0) is 37.5 Å². The van der Waals surface area contributed by atoms with E-state index < -0.39 is 0 Å². The van der Waals surface area contributed by atoms with Crippen LogP contribution in [-0.4, -0.2) is 6.04 Å². The fourth-order valence-corrected chi connectivity index (χ4v) is 1.50. The molecule has 1 rings (SSSR count). The average Bonchev–Trinajstić information content (AvgIpc) is 2.21. The Kier molecular flexibility index (Phi) is 4.33. The van der Waals surface area contributed by atoms with Crippen LogP contribution < -0.4 is 5.32 Å². The molecule has 0 spiro atoms. The van der Waals surface area contributed by atoms with Gasteiger partial charge in [0.1, 0.15) is 0 Å². The van der Waals surface area contributed by atoms with Gasteiger partial charge in [-0.15, -0.1) is 0 Å². The first-order valence-electron chi connectivity index (χ1n) is 5.30. The van der Waals surface area contributed by atoms with Gasteiger partial charge in [0.2, 0.25) is 0 Å². The van der Waals surface area contributed by atoms with Crippen LogP contribution in [0.3, 0.4) is 0 Å². The molecule has 1 unspecified atom stereocenters. The van der Waals surface area contributed by atoms with Crippen LogP contribution in [0.4, 0.5) is 0 Å². The maximum absolute atomic E-state index is 8.54. The van der Waals surface area contributed by atoms with Crippen molar-refractivity contribution >= 4 is 0 Å². The van der Waals surface area contributed by atoms with Gasteiger partial charge in [0.25, 0.3) is 0 Å². The van der Waals surface area contributed by atoms with Gasteiger partial charge in [-0.3, -0.25) is 0 Å². The third-order valence-electron chi connectivity index (χ3n) is 2.76. The lowest BCUT2D eigenvalue weighted by Crippen LogP contribution is -2.25. The van der Waals surface area contributed by atoms with E-state index in [0.29, 0.717) is 6.42 Å². The quantitative estimate of drug-likeness (QED) is 0.814. The molecule has 15 heavy (non-hydrogen) atoms. The van der Waals surface area contributed by atoms with Crippen molar-refractivity contribution in [3.8, 4) is 6.07 Å². The molecule has 0 bridgehead atoms. The summed E-state index contributed by atoms with van der Waals surface area (Å²) in [5.74, 6) is 0. The van der Waals surface area contributed by atoms with Crippen molar-refractivity contribution in [3.05, 3.63) is 34.9 Å². The highest BCUT2D eigenvalue weighted by atomic mass is 14.9. The molecular weight excluding hydrogens is 184 g/mol. The third-order valence-corrected chi connectivity index (χ3v) is 2.76. The number of benzene rings is 1. The lowest BCUT2D eigenvalue weighted by Gasteiger charge is -2.13. The molecule has 1 atom stereocenters. The number of hydrogen-bond donors (Lipinski definition) is 1. The first-order chi connectivity index (χ1) is 7.15. The predicted molar refractivity (Wildman–Crippen MR) is 62.4 cm³/mol. The molecule has 0 aromatic heterocycles. The Balaban J connectivity index is 2.58. The van der Waals surface area contributed by atoms with Gasteiger partial charge in [-0.25, -0.2) is 0 Å². The fourth-order valence-electron chi connectivity index (χ4n) is 1.50. The molecule has 2 nitrogen and oxygen atoms in total. The summed E-state index contributed by atoms with van der Waals surface area (Å²) in [6.45, 7) is 7.14. The van der Waals surface area contributed by atoms with E-state index in [0.717, 1.165) is 6.54 Å². The van der Waals surface area contributed by atoms with E-state index in [-0.39, 0.29) is 6.04 Å². The van der Waals surface area contributed by atoms with Crippen molar-refractivity contribution in [1.29, 1.82) is 5.26 Å². The van der Waals surface area contributed by atoms with Crippen molar-refractivity contribution in [2.45, 2.75) is 39.8 Å². The van der Waals surface area contributed by atoms with Crippen molar-refractivity contribution in [1.82, 2.24) is 5.32 Å². The first-order valence-corrected chi connectivity index (χ1v) is 5.30. The first kappa shape index (κ1) is 11.7. The largest absolute Gasteiger partial charge is 0.309 e. The molecular formula is C13H18N2. The Morgan fingerprint density at radius 2 is 2.13 bits per heavy atom. The Bertz CT molecular complexity index is 363. The summed E-state index contributed by atoms with van der Waals surface area (Å²) in [7, 11) is 0. The highest BCUT2D eigenvalue weighted by molar-refractivity contribution is 5.32. The Morgan fingerprint density at radius 3 is 2.80 bits per heavy atom. The van der Waals surface area contributed by atoms with Crippen LogP contribution in [0.15, 0.2) is 18.2 Å². The molecule has 0 amide bonds. The molecule has 0 saturated carbocycles. The van der Waals surface area contributed by atoms with Gasteiger partial charge < -0.3 is 5.32 Å². The fraction of sp³-hybridized carbons (Fsp3) is 0.462. The van der Waals surface area contributed by atoms with Gasteiger partial charge in [-0.1, -0.05) is 18.2 Å². The molecule has 0 saturated heterocycles. The summed E-state index contributed by atoms with van der Waals surface area (Å²) in [5, 5.41) is 11.9. The molecule has 0 fully saturated rings. The van der Waals surface area contributed by atoms with Crippen molar-refractivity contribution in [3.63, 3.8) is 0 Å². The van der Waals surface area contributed by atoms with Crippen molar-refractivity contribution < 1.29 is 0 Å². The standard InChI is InChI=1S/C13H18N2/c1-10-5-4-6-13(12(10)3)9-15-11(2)7-8-14/h4-6,11,15H,7,9H2,1-3H3. The van der Waals surface area contributed by atoms with Crippen LogP contribution in [0.5, 0.6) is 0 Å². The van der Waals surface area contributed by atoms with E-state index in [1.165, 1.54) is 16.7 Å². The second kappa shape index (κ2) is 5.53. The lowest BCUT2D eigenvalue weighted by molar-refractivity contribution is 0.556. The molecule has 0 heterocycles. The van der Waals surface area contributed by atoms with Gasteiger partial charge in [0.15, 0.2) is 0 Å². The van der Waals surface area contributed by atoms with Crippen LogP contribution >= 0.6 is 0 Å². The normalized spacial score (nSPS) is 12.1. The molecule has 0 aliphatic rings. The maximum Gasteiger partial charge on any atom is 0.0638 e. The number of nitrogens with zero attached hydrogens (tertiary/aromatic N) is 1. The average molecular weight is 202 g/mol. The minimum atomic E-state index is 0.259. The number of aryl methyl sites for hydroxylation is 1. The Hall–Kier alpha value is -1.33. The molecule has 2 heteroatoms. The third kappa shape index (κ3) is 3.38. The predicted octanol–water partition coefficient (Wildman–Crippen LogP) is 2.70. The maximum atomic E-state index is 8.54. The van der Waals surface area contributed by atoms with Crippen molar-refractivity contribution in [2.24, 2.45) is 0 Å². The highest BCUT2D eigenvalue weighted by Crippen LogP contribution is 2.12. The van der Waals surface area contributed by atoms with E-state index in [4.69, 9.17) is 5.26 Å². The van der Waals surface area contributed by atoms with Gasteiger partial charge in [0, 0.05) is 12.6 Å². The molecule has 1 aromatic rings. The van der Waals surface area contributed by atoms with Crippen molar-refractivity contribution in [2.75, 3.05) is 0 Å². The molecule has 1 aromatic carbocycles. The van der Waals surface area contributed by atoms with E-state index >= 15 is 0 Å². The van der Waals surface area contributed by atoms with E-state index in [9.17, 15) is 0 Å². The lowest BCUT2D eigenvalue weighted by atomic mass is 10.0. The van der Waals surface area contributed by atoms with Crippen LogP contribution in [0.25, 0.3) is 0 Å². The molecule has 0 aliphatic carbocycles. The number of nitriles is 1. The zero-order valence-corrected chi connectivity index (χ0v) is 9.67. The molecule has 0 radical (unpaired) electrons. The summed E-state index contributed by atoms with van der Waals surface area (Å²) in [5.41, 5.74) is 3.98. The van der Waals surface area contributed by atoms with E-state index in [2.05, 4.69) is 43.4 Å². The van der Waals surface area contributed by atoms with Gasteiger partial charge in [-0.2, -0.15) is 5.26 Å². The monoisotopic (exact) mass is 202 g/mol. The zero-order chi connectivity index (χ0) is 11.3. The molecule has 1 N–H and O–H groups in total. The highest BCUT2D eigenvalue weighted by Gasteiger charge is 2.03. The van der Waals surface area contributed by atoms with Crippen LogP contribution in [-0.2, 0) is 6.54 Å². The topological polar surface area (TPSA) is 35.8 Å². The summed E-state index contributed by atoms with van der Waals surface area (Å²) >= 11 is 0. The van der Waals surface area contributed by atoms with E-state index in [1.807, 2.05) is 6.92 Å². The van der Waals surface area contributed by atoms with Crippen LogP contribution in [0.2, 0.25) is 0 Å². The minimum absolute atomic E-state index is 0.259. The smallest absolute Gasteiger partial charge is 0.0638 e.